The molecular weight excluding hydrogens is 593 g/mol. The maximum atomic E-state index is 12.7. The van der Waals surface area contributed by atoms with Crippen LogP contribution in [-0.4, -0.2) is 36.9 Å². The lowest BCUT2D eigenvalue weighted by Gasteiger charge is -2.68. The van der Waals surface area contributed by atoms with Crippen LogP contribution in [0.3, 0.4) is 0 Å². The molecule has 5 rings (SSSR count). The number of rotatable bonds is 8. The molecule has 0 aromatic carbocycles. The van der Waals surface area contributed by atoms with Gasteiger partial charge in [-0.3, -0.25) is 4.79 Å². The van der Waals surface area contributed by atoms with Gasteiger partial charge in [-0.2, -0.15) is 8.42 Å². The van der Waals surface area contributed by atoms with E-state index in [-0.39, 0.29) is 34.7 Å². The molecule has 0 radical (unpaired) electrons. The van der Waals surface area contributed by atoms with Crippen molar-refractivity contribution in [3.05, 3.63) is 18.3 Å². The SMILES string of the molecule is CC[C@H]1CC2C3CC[C@H]([C@H](C)CCC(=O)NS(=O)(=O)c4ccc(OC(F)(F)F)cn4)[C@@]3(C)CCC2[C@@]2(C)CC[C@@H](O)C[C@@]12C. The van der Waals surface area contributed by atoms with Gasteiger partial charge in [0.05, 0.1) is 12.3 Å². The van der Waals surface area contributed by atoms with Crippen molar-refractivity contribution in [1.29, 1.82) is 0 Å². The maximum Gasteiger partial charge on any atom is 0.573 e. The average molecular weight is 643 g/mol. The van der Waals surface area contributed by atoms with E-state index in [2.05, 4.69) is 44.3 Å². The molecule has 4 saturated carbocycles. The zero-order valence-electron chi connectivity index (χ0n) is 26.6. The van der Waals surface area contributed by atoms with Crippen LogP contribution in [0.4, 0.5) is 13.2 Å². The first-order chi connectivity index (χ1) is 20.4. The summed E-state index contributed by atoms with van der Waals surface area (Å²) in [6, 6.07) is 1.73. The third-order valence-electron chi connectivity index (χ3n) is 13.2. The molecule has 1 aromatic heterocycles. The van der Waals surface area contributed by atoms with Gasteiger partial charge in [-0.1, -0.05) is 41.0 Å². The van der Waals surface area contributed by atoms with Gasteiger partial charge in [-0.25, -0.2) is 9.71 Å². The van der Waals surface area contributed by atoms with Gasteiger partial charge in [0.2, 0.25) is 5.91 Å². The summed E-state index contributed by atoms with van der Waals surface area (Å²) in [7, 11) is -4.33. The third kappa shape index (κ3) is 5.89. The van der Waals surface area contributed by atoms with E-state index in [9.17, 15) is 31.5 Å². The van der Waals surface area contributed by atoms with E-state index in [1.807, 2.05) is 4.72 Å². The molecule has 3 unspecified atom stereocenters. The predicted molar refractivity (Wildman–Crippen MR) is 160 cm³/mol. The molecule has 1 amide bonds. The molecule has 1 heterocycles. The summed E-state index contributed by atoms with van der Waals surface area (Å²) >= 11 is 0. The topological polar surface area (TPSA) is 106 Å². The number of carbonyl (C=O) groups excluding carboxylic acids is 1. The van der Waals surface area contributed by atoms with Crippen molar-refractivity contribution >= 4 is 15.9 Å². The fourth-order valence-electron chi connectivity index (χ4n) is 10.9. The Morgan fingerprint density at radius 1 is 1.11 bits per heavy atom. The number of sulfonamides is 1. The van der Waals surface area contributed by atoms with Gasteiger partial charge in [0.25, 0.3) is 10.0 Å². The standard InChI is InChI=1S/C33H49F3N2O5S/c1-6-21-17-24-26-10-9-25(30(26,3)15-14-27(24)31(4)16-13-22(39)18-32(21,31)5)20(2)7-11-28(40)38-44(41,42)29-12-8-23(19-37-29)43-33(34,35)36/h8,12,19-22,24-27,39H,6-7,9-11,13-18H2,1-5H3,(H,38,40)/t20-,21+,22-,24?,25-,26?,27?,30-,31-,32+/m1/s1. The van der Waals surface area contributed by atoms with Crippen molar-refractivity contribution in [1.82, 2.24) is 9.71 Å². The summed E-state index contributed by atoms with van der Waals surface area (Å²) in [5, 5.41) is 10.1. The Labute approximate surface area is 260 Å². The molecule has 0 saturated heterocycles. The molecule has 4 aliphatic rings. The predicted octanol–water partition coefficient (Wildman–Crippen LogP) is 7.25. The van der Waals surface area contributed by atoms with Gasteiger partial charge in [0, 0.05) is 6.42 Å². The second-order valence-electron chi connectivity index (χ2n) is 15.1. The molecule has 0 bridgehead atoms. The first-order valence-corrected chi connectivity index (χ1v) is 17.9. The minimum Gasteiger partial charge on any atom is -0.404 e. The maximum absolute atomic E-state index is 12.7. The zero-order valence-corrected chi connectivity index (χ0v) is 27.4. The lowest BCUT2D eigenvalue weighted by molar-refractivity contribution is -0.274. The lowest BCUT2D eigenvalue weighted by Crippen LogP contribution is -2.61. The normalized spacial score (nSPS) is 39.5. The third-order valence-corrected chi connectivity index (χ3v) is 14.5. The highest BCUT2D eigenvalue weighted by Gasteiger charge is 2.65. The number of carbonyl (C=O) groups is 1. The van der Waals surface area contributed by atoms with E-state index >= 15 is 0 Å². The van der Waals surface area contributed by atoms with Gasteiger partial charge in [-0.05, 0) is 122 Å². The molecule has 0 aliphatic heterocycles. The van der Waals surface area contributed by atoms with Gasteiger partial charge in [0.15, 0.2) is 5.03 Å². The van der Waals surface area contributed by atoms with E-state index in [4.69, 9.17) is 0 Å². The van der Waals surface area contributed by atoms with Gasteiger partial charge in [0.1, 0.15) is 5.75 Å². The Balaban J connectivity index is 1.21. The van der Waals surface area contributed by atoms with Gasteiger partial charge >= 0.3 is 6.36 Å². The van der Waals surface area contributed by atoms with Crippen molar-refractivity contribution in [3.63, 3.8) is 0 Å². The summed E-state index contributed by atoms with van der Waals surface area (Å²) in [5.74, 6) is 2.00. The Hall–Kier alpha value is -1.88. The molecule has 4 fully saturated rings. The number of ether oxygens (including phenoxy) is 1. The number of aliphatic hydroxyl groups excluding tert-OH is 1. The summed E-state index contributed by atoms with van der Waals surface area (Å²) in [6.45, 7) is 12.0. The number of hydrogen-bond acceptors (Lipinski definition) is 6. The molecule has 4 aliphatic carbocycles. The van der Waals surface area contributed by atoms with Crippen LogP contribution in [0, 0.1) is 51.8 Å². The van der Waals surface area contributed by atoms with E-state index < -0.39 is 33.1 Å². The van der Waals surface area contributed by atoms with Crippen molar-refractivity contribution in [3.8, 4) is 5.75 Å². The molecular formula is C33H49F3N2O5S. The molecule has 248 valence electrons. The summed E-state index contributed by atoms with van der Waals surface area (Å²) in [5.41, 5.74) is 0.594. The van der Waals surface area contributed by atoms with Crippen LogP contribution in [0.15, 0.2) is 23.4 Å². The number of halogens is 3. The van der Waals surface area contributed by atoms with E-state index in [1.54, 1.807) is 0 Å². The molecule has 7 nitrogen and oxygen atoms in total. The Morgan fingerprint density at radius 2 is 1.84 bits per heavy atom. The molecule has 10 atom stereocenters. The monoisotopic (exact) mass is 642 g/mol. The van der Waals surface area contributed by atoms with Crippen LogP contribution >= 0.6 is 0 Å². The van der Waals surface area contributed by atoms with Crippen molar-refractivity contribution in [2.45, 2.75) is 123 Å². The number of amides is 1. The number of pyridine rings is 1. The minimum absolute atomic E-state index is 0.0373. The number of hydrogen-bond donors (Lipinski definition) is 2. The number of aliphatic hydroxyl groups is 1. The highest BCUT2D eigenvalue weighted by Crippen LogP contribution is 2.72. The molecule has 0 spiro atoms. The van der Waals surface area contributed by atoms with Crippen molar-refractivity contribution in [2.24, 2.45) is 51.8 Å². The fraction of sp³-hybridized carbons (Fsp3) is 0.818. The molecule has 11 heteroatoms. The van der Waals surface area contributed by atoms with Crippen molar-refractivity contribution < 1.29 is 36.2 Å². The molecule has 2 N–H and O–H groups in total. The zero-order chi connectivity index (χ0) is 32.3. The highest BCUT2D eigenvalue weighted by molar-refractivity contribution is 7.90. The summed E-state index contributed by atoms with van der Waals surface area (Å²) in [6.07, 6.45) is 6.12. The van der Waals surface area contributed by atoms with Crippen LogP contribution in [0.2, 0.25) is 0 Å². The Morgan fingerprint density at radius 3 is 2.48 bits per heavy atom. The second kappa shape index (κ2) is 11.7. The van der Waals surface area contributed by atoms with Crippen LogP contribution in [-0.2, 0) is 14.8 Å². The quantitative estimate of drug-likeness (QED) is 0.310. The number of nitrogens with zero attached hydrogens (tertiary/aromatic N) is 1. The van der Waals surface area contributed by atoms with Crippen LogP contribution in [0.1, 0.15) is 105 Å². The molecule has 1 aromatic rings. The first kappa shape index (κ1) is 33.5. The summed E-state index contributed by atoms with van der Waals surface area (Å²) < 4.78 is 68.3. The van der Waals surface area contributed by atoms with Crippen LogP contribution in [0.25, 0.3) is 0 Å². The fourth-order valence-corrected chi connectivity index (χ4v) is 11.9. The van der Waals surface area contributed by atoms with Crippen molar-refractivity contribution in [2.75, 3.05) is 0 Å². The van der Waals surface area contributed by atoms with Crippen LogP contribution < -0.4 is 9.46 Å². The van der Waals surface area contributed by atoms with Gasteiger partial charge in [-0.15, -0.1) is 13.2 Å². The molecule has 44 heavy (non-hydrogen) atoms. The number of nitrogens with one attached hydrogen (secondary N) is 1. The number of aromatic nitrogens is 1. The van der Waals surface area contributed by atoms with E-state index in [0.717, 1.165) is 44.2 Å². The Kier molecular flexibility index (Phi) is 8.93. The number of alkyl halides is 3. The number of fused-ring (bicyclic) bond motifs is 5. The average Bonchev–Trinajstić information content (AvgIpc) is 3.28. The largest absolute Gasteiger partial charge is 0.573 e. The lowest BCUT2D eigenvalue weighted by atomic mass is 9.37. The van der Waals surface area contributed by atoms with Gasteiger partial charge < -0.3 is 9.84 Å². The smallest absolute Gasteiger partial charge is 0.404 e. The Bertz CT molecular complexity index is 1320. The highest BCUT2D eigenvalue weighted by atomic mass is 32.2. The van der Waals surface area contributed by atoms with E-state index in [1.165, 1.54) is 25.7 Å². The van der Waals surface area contributed by atoms with E-state index in [0.29, 0.717) is 42.2 Å². The first-order valence-electron chi connectivity index (χ1n) is 16.4. The van der Waals surface area contributed by atoms with Crippen LogP contribution in [0.5, 0.6) is 5.75 Å². The second-order valence-corrected chi connectivity index (χ2v) is 16.7. The minimum atomic E-state index is -4.92. The summed E-state index contributed by atoms with van der Waals surface area (Å²) in [4.78, 5) is 16.3.